The fraction of sp³-hybridized carbons (Fsp3) is 0.188. The number of hydrogen-bond donors (Lipinski definition) is 2. The van der Waals surface area contributed by atoms with Gasteiger partial charge in [-0.05, 0) is 36.4 Å². The summed E-state index contributed by atoms with van der Waals surface area (Å²) in [6.07, 6.45) is -4.37. The molecule has 2 N–H and O–H groups in total. The van der Waals surface area contributed by atoms with E-state index in [0.29, 0.717) is 11.8 Å². The number of rotatable bonds is 6. The van der Waals surface area contributed by atoms with E-state index < -0.39 is 22.0 Å². The lowest BCUT2D eigenvalue weighted by molar-refractivity contribution is -0.105. The Kier molecular flexibility index (Phi) is 6.19. The maximum absolute atomic E-state index is 12.5. The lowest BCUT2D eigenvalue weighted by atomic mass is 10.2. The molecule has 0 bridgehead atoms. The first kappa shape index (κ1) is 20.1. The summed E-state index contributed by atoms with van der Waals surface area (Å²) in [5, 5.41) is 2.41. The van der Waals surface area contributed by atoms with Crippen molar-refractivity contribution in [3.63, 3.8) is 0 Å². The number of amides is 1. The van der Waals surface area contributed by atoms with Crippen molar-refractivity contribution in [2.75, 3.05) is 17.5 Å². The molecule has 2 rings (SSSR count). The van der Waals surface area contributed by atoms with E-state index in [-0.39, 0.29) is 26.9 Å². The number of anilines is 1. The van der Waals surface area contributed by atoms with Crippen LogP contribution < -0.4 is 10.0 Å². The SMILES string of the molecule is CNC(=O)c1ccc(S(=O)(=O)Nc2ccccc2SCC(F)(F)F)cc1. The van der Waals surface area contributed by atoms with Crippen LogP contribution in [0.15, 0.2) is 58.3 Å². The summed E-state index contributed by atoms with van der Waals surface area (Å²) in [4.78, 5) is 11.5. The second-order valence-corrected chi connectivity index (χ2v) is 7.81. The average molecular weight is 404 g/mol. The van der Waals surface area contributed by atoms with Crippen molar-refractivity contribution in [1.82, 2.24) is 5.32 Å². The molecule has 0 fully saturated rings. The van der Waals surface area contributed by atoms with E-state index in [1.807, 2.05) is 0 Å². The number of halogens is 3. The largest absolute Gasteiger partial charge is 0.398 e. The number of nitrogens with one attached hydrogen (secondary N) is 2. The first-order chi connectivity index (χ1) is 12.1. The predicted molar refractivity (Wildman–Crippen MR) is 93.9 cm³/mol. The van der Waals surface area contributed by atoms with E-state index >= 15 is 0 Å². The van der Waals surface area contributed by atoms with Crippen LogP contribution in [0.25, 0.3) is 0 Å². The third kappa shape index (κ3) is 5.40. The molecule has 140 valence electrons. The van der Waals surface area contributed by atoms with Crippen molar-refractivity contribution in [2.45, 2.75) is 16.0 Å². The number of benzene rings is 2. The number of hydrogen-bond acceptors (Lipinski definition) is 4. The van der Waals surface area contributed by atoms with Gasteiger partial charge < -0.3 is 5.32 Å². The van der Waals surface area contributed by atoms with Crippen molar-refractivity contribution in [2.24, 2.45) is 0 Å². The summed E-state index contributed by atoms with van der Waals surface area (Å²) >= 11 is 0.494. The van der Waals surface area contributed by atoms with Gasteiger partial charge in [0, 0.05) is 17.5 Å². The third-order valence-corrected chi connectivity index (χ3v) is 5.70. The van der Waals surface area contributed by atoms with Gasteiger partial charge in [0.1, 0.15) is 0 Å². The van der Waals surface area contributed by atoms with Gasteiger partial charge in [0.25, 0.3) is 15.9 Å². The molecule has 0 spiro atoms. The molecule has 26 heavy (non-hydrogen) atoms. The Labute approximate surface area is 153 Å². The zero-order valence-electron chi connectivity index (χ0n) is 13.5. The molecule has 0 heterocycles. The minimum absolute atomic E-state index is 0.0529. The molecule has 0 saturated heterocycles. The molecule has 2 aromatic rings. The topological polar surface area (TPSA) is 75.3 Å². The molecule has 0 aliphatic rings. The number of thioether (sulfide) groups is 1. The lowest BCUT2D eigenvalue weighted by Gasteiger charge is -2.13. The summed E-state index contributed by atoms with van der Waals surface area (Å²) in [6, 6.07) is 11.0. The molecule has 0 aromatic heterocycles. The Morgan fingerprint density at radius 3 is 2.27 bits per heavy atom. The number of alkyl halides is 3. The van der Waals surface area contributed by atoms with E-state index in [1.165, 1.54) is 55.6 Å². The number of para-hydroxylation sites is 1. The molecule has 0 saturated carbocycles. The zero-order chi connectivity index (χ0) is 19.4. The number of sulfonamides is 1. The third-order valence-electron chi connectivity index (χ3n) is 3.18. The normalized spacial score (nSPS) is 11.8. The average Bonchev–Trinajstić information content (AvgIpc) is 2.59. The molecule has 0 unspecified atom stereocenters. The van der Waals surface area contributed by atoms with Crippen LogP contribution >= 0.6 is 11.8 Å². The van der Waals surface area contributed by atoms with Crippen molar-refractivity contribution < 1.29 is 26.4 Å². The van der Waals surface area contributed by atoms with E-state index in [2.05, 4.69) is 10.0 Å². The smallest absolute Gasteiger partial charge is 0.355 e. The molecule has 5 nitrogen and oxygen atoms in total. The Bertz CT molecular complexity index is 882. The van der Waals surface area contributed by atoms with E-state index in [4.69, 9.17) is 0 Å². The van der Waals surface area contributed by atoms with Crippen LogP contribution in [-0.2, 0) is 10.0 Å². The minimum atomic E-state index is -4.37. The van der Waals surface area contributed by atoms with Crippen LogP contribution in [0.3, 0.4) is 0 Å². The second-order valence-electron chi connectivity index (χ2n) is 5.11. The molecule has 0 atom stereocenters. The fourth-order valence-electron chi connectivity index (χ4n) is 1.97. The molecule has 1 amide bonds. The van der Waals surface area contributed by atoms with Gasteiger partial charge in [-0.25, -0.2) is 8.42 Å². The highest BCUT2D eigenvalue weighted by Gasteiger charge is 2.28. The summed E-state index contributed by atoms with van der Waals surface area (Å²) < 4.78 is 64.5. The first-order valence-corrected chi connectivity index (χ1v) is 9.73. The lowest BCUT2D eigenvalue weighted by Crippen LogP contribution is -2.18. The number of carbonyl (C=O) groups excluding carboxylic acids is 1. The van der Waals surface area contributed by atoms with Crippen molar-refractivity contribution in [1.29, 1.82) is 0 Å². The molecule has 0 radical (unpaired) electrons. The van der Waals surface area contributed by atoms with Crippen molar-refractivity contribution >= 4 is 33.4 Å². The standard InChI is InChI=1S/C16H15F3N2O3S2/c1-20-15(22)11-6-8-12(9-7-11)26(23,24)21-13-4-2-3-5-14(13)25-10-16(17,18)19/h2-9,21H,10H2,1H3,(H,20,22). The molecular weight excluding hydrogens is 389 g/mol. The van der Waals surface area contributed by atoms with Crippen LogP contribution in [-0.4, -0.2) is 33.3 Å². The van der Waals surface area contributed by atoms with Crippen LogP contribution in [0.4, 0.5) is 18.9 Å². The summed E-state index contributed by atoms with van der Waals surface area (Å²) in [5.74, 6) is -1.50. The van der Waals surface area contributed by atoms with Crippen LogP contribution in [0, 0.1) is 0 Å². The Balaban J connectivity index is 2.23. The summed E-state index contributed by atoms with van der Waals surface area (Å²) in [5.41, 5.74) is 0.338. The van der Waals surface area contributed by atoms with Crippen LogP contribution in [0.2, 0.25) is 0 Å². The molecule has 0 aliphatic heterocycles. The van der Waals surface area contributed by atoms with E-state index in [0.717, 1.165) is 0 Å². The second kappa shape index (κ2) is 8.00. The van der Waals surface area contributed by atoms with Crippen molar-refractivity contribution in [3.05, 3.63) is 54.1 Å². The zero-order valence-corrected chi connectivity index (χ0v) is 15.1. The van der Waals surface area contributed by atoms with Gasteiger partial charge in [-0.2, -0.15) is 13.2 Å². The van der Waals surface area contributed by atoms with E-state index in [1.54, 1.807) is 0 Å². The molecule has 10 heteroatoms. The van der Waals surface area contributed by atoms with Gasteiger partial charge in [-0.3, -0.25) is 9.52 Å². The van der Waals surface area contributed by atoms with Gasteiger partial charge in [-0.1, -0.05) is 12.1 Å². The van der Waals surface area contributed by atoms with Gasteiger partial charge in [-0.15, -0.1) is 11.8 Å². The monoisotopic (exact) mass is 404 g/mol. The van der Waals surface area contributed by atoms with Crippen molar-refractivity contribution in [3.8, 4) is 0 Å². The molecule has 0 aliphatic carbocycles. The highest BCUT2D eigenvalue weighted by atomic mass is 32.2. The van der Waals surface area contributed by atoms with E-state index in [9.17, 15) is 26.4 Å². The minimum Gasteiger partial charge on any atom is -0.355 e. The van der Waals surface area contributed by atoms with Gasteiger partial charge in [0.15, 0.2) is 0 Å². The predicted octanol–water partition coefficient (Wildman–Crippen LogP) is 3.50. The Hall–Kier alpha value is -2.20. The molecular formula is C16H15F3N2O3S2. The van der Waals surface area contributed by atoms with Gasteiger partial charge in [0.05, 0.1) is 16.3 Å². The first-order valence-electron chi connectivity index (χ1n) is 7.26. The Morgan fingerprint density at radius 2 is 1.69 bits per heavy atom. The maximum atomic E-state index is 12.5. The summed E-state index contributed by atoms with van der Waals surface area (Å²) in [7, 11) is -2.57. The van der Waals surface area contributed by atoms with Gasteiger partial charge in [0.2, 0.25) is 0 Å². The summed E-state index contributed by atoms with van der Waals surface area (Å²) in [6.45, 7) is 0. The maximum Gasteiger partial charge on any atom is 0.398 e. The van der Waals surface area contributed by atoms with Crippen LogP contribution in [0.1, 0.15) is 10.4 Å². The van der Waals surface area contributed by atoms with Gasteiger partial charge >= 0.3 is 6.18 Å². The highest BCUT2D eigenvalue weighted by molar-refractivity contribution is 7.99. The number of carbonyl (C=O) groups is 1. The van der Waals surface area contributed by atoms with Crippen LogP contribution in [0.5, 0.6) is 0 Å². The fourth-order valence-corrected chi connectivity index (χ4v) is 3.88. The Morgan fingerprint density at radius 1 is 1.08 bits per heavy atom. The quantitative estimate of drug-likeness (QED) is 0.723. The molecule has 2 aromatic carbocycles. The highest BCUT2D eigenvalue weighted by Crippen LogP contribution is 2.33.